The number of nitriles is 1. The molecule has 1 amide bonds. The van der Waals surface area contributed by atoms with Crippen LogP contribution in [0.5, 0.6) is 11.5 Å². The molecule has 6 nitrogen and oxygen atoms in total. The van der Waals surface area contributed by atoms with Gasteiger partial charge in [0, 0.05) is 0 Å². The topological polar surface area (TPSA) is 83.7 Å². The summed E-state index contributed by atoms with van der Waals surface area (Å²) in [6.07, 6.45) is 1.52. The van der Waals surface area contributed by atoms with Gasteiger partial charge >= 0.3 is 0 Å². The maximum atomic E-state index is 11.7. The number of nitrogens with zero attached hydrogens (tertiary/aromatic N) is 2. The van der Waals surface area contributed by atoms with Crippen molar-refractivity contribution in [3.63, 3.8) is 0 Å². The number of hydrogen-bond acceptors (Lipinski definition) is 5. The quantitative estimate of drug-likeness (QED) is 0.622. The highest BCUT2D eigenvalue weighted by molar-refractivity contribution is 5.83. The van der Waals surface area contributed by atoms with Crippen LogP contribution in [0.4, 0.5) is 0 Å². The van der Waals surface area contributed by atoms with E-state index in [0.717, 1.165) is 16.7 Å². The van der Waals surface area contributed by atoms with E-state index in [-0.39, 0.29) is 19.1 Å². The molecule has 0 unspecified atom stereocenters. The molecule has 6 heteroatoms. The Bertz CT molecular complexity index is 772. The van der Waals surface area contributed by atoms with Crippen LogP contribution in [-0.2, 0) is 4.79 Å². The minimum absolute atomic E-state index is 0.00393. The Balaban J connectivity index is 1.79. The van der Waals surface area contributed by atoms with Gasteiger partial charge in [-0.3, -0.25) is 4.79 Å². The summed E-state index contributed by atoms with van der Waals surface area (Å²) in [5.41, 5.74) is 5.36. The lowest BCUT2D eigenvalue weighted by Crippen LogP contribution is -2.24. The Morgan fingerprint density at radius 2 is 1.80 bits per heavy atom. The van der Waals surface area contributed by atoms with Crippen LogP contribution in [-0.4, -0.2) is 25.3 Å². The van der Waals surface area contributed by atoms with Crippen molar-refractivity contribution < 1.29 is 14.3 Å². The number of rotatable bonds is 7. The fourth-order valence-electron chi connectivity index (χ4n) is 2.14. The van der Waals surface area contributed by atoms with Crippen LogP contribution in [0.3, 0.4) is 0 Å². The van der Waals surface area contributed by atoms with Crippen molar-refractivity contribution >= 4 is 12.1 Å². The summed E-state index contributed by atoms with van der Waals surface area (Å²) in [5, 5.41) is 12.3. The van der Waals surface area contributed by atoms with Gasteiger partial charge < -0.3 is 9.47 Å². The highest BCUT2D eigenvalue weighted by Gasteiger charge is 2.02. The van der Waals surface area contributed by atoms with Gasteiger partial charge in [-0.2, -0.15) is 10.4 Å². The van der Waals surface area contributed by atoms with Gasteiger partial charge in [0.05, 0.1) is 6.21 Å². The van der Waals surface area contributed by atoms with Gasteiger partial charge in [0.1, 0.15) is 17.6 Å². The number of ether oxygens (including phenoxy) is 2. The number of carbonyl (C=O) groups is 1. The number of aryl methyl sites for hydroxylation is 2. The Hall–Kier alpha value is -3.33. The van der Waals surface area contributed by atoms with E-state index in [1.165, 1.54) is 6.21 Å². The molecule has 0 radical (unpaired) electrons. The molecular weight excluding hydrogens is 318 g/mol. The summed E-state index contributed by atoms with van der Waals surface area (Å²) in [4.78, 5) is 11.7. The molecule has 0 aliphatic rings. The molecule has 0 aromatic heterocycles. The van der Waals surface area contributed by atoms with Gasteiger partial charge in [-0.05, 0) is 66.9 Å². The predicted octanol–water partition coefficient (Wildman–Crippen LogP) is 2.73. The highest BCUT2D eigenvalue weighted by atomic mass is 16.5. The first kappa shape index (κ1) is 18.0. The number of hydrogen-bond donors (Lipinski definition) is 1. The second-order valence-corrected chi connectivity index (χ2v) is 5.42. The van der Waals surface area contributed by atoms with Crippen molar-refractivity contribution in [1.82, 2.24) is 5.43 Å². The summed E-state index contributed by atoms with van der Waals surface area (Å²) in [5.74, 6) is 0.915. The molecule has 0 heterocycles. The molecular formula is C19H19N3O3. The lowest BCUT2D eigenvalue weighted by molar-refractivity contribution is -0.123. The molecule has 0 saturated heterocycles. The molecule has 0 fully saturated rings. The second-order valence-electron chi connectivity index (χ2n) is 5.42. The van der Waals surface area contributed by atoms with Crippen LogP contribution in [0.2, 0.25) is 0 Å². The molecule has 2 aromatic rings. The molecule has 128 valence electrons. The van der Waals surface area contributed by atoms with E-state index >= 15 is 0 Å². The monoisotopic (exact) mass is 337 g/mol. The summed E-state index contributed by atoms with van der Waals surface area (Å²) in [7, 11) is 0. The number of nitrogens with one attached hydrogen (secondary N) is 1. The second kappa shape index (κ2) is 9.08. The van der Waals surface area contributed by atoms with E-state index in [0.29, 0.717) is 11.5 Å². The summed E-state index contributed by atoms with van der Waals surface area (Å²) in [6.45, 7) is 3.84. The average Bonchev–Trinajstić information content (AvgIpc) is 2.58. The minimum atomic E-state index is -0.343. The van der Waals surface area contributed by atoms with E-state index in [9.17, 15) is 4.79 Å². The van der Waals surface area contributed by atoms with E-state index in [2.05, 4.69) is 10.5 Å². The zero-order chi connectivity index (χ0) is 18.1. The summed E-state index contributed by atoms with van der Waals surface area (Å²) in [6, 6.07) is 14.7. The Morgan fingerprint density at radius 1 is 1.12 bits per heavy atom. The molecule has 0 aliphatic heterocycles. The Kier molecular flexibility index (Phi) is 6.55. The third-order valence-corrected chi connectivity index (χ3v) is 3.15. The largest absolute Gasteiger partial charge is 0.484 e. The third-order valence-electron chi connectivity index (χ3n) is 3.15. The molecule has 0 saturated carbocycles. The van der Waals surface area contributed by atoms with Gasteiger partial charge in [-0.1, -0.05) is 6.07 Å². The molecule has 25 heavy (non-hydrogen) atoms. The smallest absolute Gasteiger partial charge is 0.277 e. The zero-order valence-electron chi connectivity index (χ0n) is 14.2. The molecule has 1 N–H and O–H groups in total. The molecule has 0 spiro atoms. The average molecular weight is 337 g/mol. The number of hydrazone groups is 1. The zero-order valence-corrected chi connectivity index (χ0v) is 14.2. The van der Waals surface area contributed by atoms with Crippen molar-refractivity contribution in [3.8, 4) is 17.6 Å². The normalized spacial score (nSPS) is 10.3. The predicted molar refractivity (Wildman–Crippen MR) is 94.7 cm³/mol. The first-order valence-corrected chi connectivity index (χ1v) is 7.69. The SMILES string of the molecule is Cc1cc(C)cc(OCC(=O)N/N=C\c2ccc(OCC#N)cc2)c1. The fourth-order valence-corrected chi connectivity index (χ4v) is 2.14. The lowest BCUT2D eigenvalue weighted by atomic mass is 10.1. The van der Waals surface area contributed by atoms with E-state index in [1.807, 2.05) is 38.1 Å². The standard InChI is InChI=1S/C19H19N3O3/c1-14-9-15(2)11-18(10-14)25-13-19(23)22-21-12-16-3-5-17(6-4-16)24-8-7-20/h3-6,9-12H,8,13H2,1-2H3,(H,22,23)/b21-12-. The van der Waals surface area contributed by atoms with Crippen molar-refractivity contribution in [3.05, 3.63) is 59.2 Å². The highest BCUT2D eigenvalue weighted by Crippen LogP contribution is 2.16. The lowest BCUT2D eigenvalue weighted by Gasteiger charge is -2.07. The summed E-state index contributed by atoms with van der Waals surface area (Å²) >= 11 is 0. The fraction of sp³-hybridized carbons (Fsp3) is 0.211. The Labute approximate surface area is 146 Å². The van der Waals surface area contributed by atoms with Gasteiger partial charge in [0.25, 0.3) is 5.91 Å². The van der Waals surface area contributed by atoms with Crippen LogP contribution in [0.25, 0.3) is 0 Å². The molecule has 0 atom stereocenters. The maximum absolute atomic E-state index is 11.7. The molecule has 0 bridgehead atoms. The van der Waals surface area contributed by atoms with Crippen LogP contribution in [0.15, 0.2) is 47.6 Å². The van der Waals surface area contributed by atoms with E-state index in [1.54, 1.807) is 24.3 Å². The molecule has 2 rings (SSSR count). The van der Waals surface area contributed by atoms with Crippen molar-refractivity contribution in [2.45, 2.75) is 13.8 Å². The first-order chi connectivity index (χ1) is 12.1. The van der Waals surface area contributed by atoms with Crippen LogP contribution >= 0.6 is 0 Å². The van der Waals surface area contributed by atoms with Crippen LogP contribution in [0.1, 0.15) is 16.7 Å². The Morgan fingerprint density at radius 3 is 2.44 bits per heavy atom. The van der Waals surface area contributed by atoms with Crippen LogP contribution in [0, 0.1) is 25.2 Å². The number of benzene rings is 2. The number of carbonyl (C=O) groups excluding carboxylic acids is 1. The molecule has 0 aliphatic carbocycles. The maximum Gasteiger partial charge on any atom is 0.277 e. The minimum Gasteiger partial charge on any atom is -0.484 e. The van der Waals surface area contributed by atoms with Gasteiger partial charge in [-0.25, -0.2) is 5.43 Å². The van der Waals surface area contributed by atoms with E-state index in [4.69, 9.17) is 14.7 Å². The van der Waals surface area contributed by atoms with Crippen LogP contribution < -0.4 is 14.9 Å². The van der Waals surface area contributed by atoms with Gasteiger partial charge in [-0.15, -0.1) is 0 Å². The molecule has 2 aromatic carbocycles. The third kappa shape index (κ3) is 6.36. The van der Waals surface area contributed by atoms with Crippen molar-refractivity contribution in [2.75, 3.05) is 13.2 Å². The van der Waals surface area contributed by atoms with Crippen molar-refractivity contribution in [2.24, 2.45) is 5.10 Å². The first-order valence-electron chi connectivity index (χ1n) is 7.69. The summed E-state index contributed by atoms with van der Waals surface area (Å²) < 4.78 is 10.6. The van der Waals surface area contributed by atoms with E-state index < -0.39 is 0 Å². The van der Waals surface area contributed by atoms with Gasteiger partial charge in [0.15, 0.2) is 13.2 Å². The van der Waals surface area contributed by atoms with Crippen molar-refractivity contribution in [1.29, 1.82) is 5.26 Å². The number of amides is 1. The van der Waals surface area contributed by atoms with Gasteiger partial charge in [0.2, 0.25) is 0 Å².